The van der Waals surface area contributed by atoms with Gasteiger partial charge < -0.3 is 9.84 Å². The number of ether oxygens (including phenoxy) is 1. The van der Waals surface area contributed by atoms with Crippen molar-refractivity contribution in [3.8, 4) is 16.9 Å². The molecule has 0 aliphatic carbocycles. The van der Waals surface area contributed by atoms with Crippen molar-refractivity contribution in [3.63, 3.8) is 0 Å². The molecular formula is C28H35N3O4S. The average Bonchev–Trinajstić information content (AvgIpc) is 2.86. The Morgan fingerprint density at radius 3 is 2.44 bits per heavy atom. The first kappa shape index (κ1) is 26.3. The van der Waals surface area contributed by atoms with E-state index in [2.05, 4.69) is 9.88 Å². The topological polar surface area (TPSA) is 83.0 Å². The van der Waals surface area contributed by atoms with Crippen LogP contribution in [0.4, 0.5) is 0 Å². The Hall–Kier alpha value is -2.78. The summed E-state index contributed by atoms with van der Waals surface area (Å²) >= 11 is 0. The quantitative estimate of drug-likeness (QED) is 0.519. The Labute approximate surface area is 214 Å². The van der Waals surface area contributed by atoms with Crippen molar-refractivity contribution in [1.29, 1.82) is 0 Å². The molecule has 4 rings (SSSR count). The van der Waals surface area contributed by atoms with E-state index in [4.69, 9.17) is 4.74 Å². The average molecular weight is 510 g/mol. The van der Waals surface area contributed by atoms with Crippen molar-refractivity contribution < 1.29 is 18.3 Å². The van der Waals surface area contributed by atoms with Crippen LogP contribution in [0, 0.1) is 12.8 Å². The normalized spacial score (nSPS) is 20.7. The number of nitrogens with zero attached hydrogens (tertiary/aromatic N) is 3. The minimum Gasteiger partial charge on any atom is -0.487 e. The first-order valence-corrected chi connectivity index (χ1v) is 13.7. The fourth-order valence-corrected chi connectivity index (χ4v) is 6.37. The molecule has 1 aliphatic heterocycles. The minimum absolute atomic E-state index is 0.107. The van der Waals surface area contributed by atoms with Crippen LogP contribution in [0.2, 0.25) is 0 Å². The van der Waals surface area contributed by atoms with Crippen molar-refractivity contribution >= 4 is 10.0 Å². The van der Waals surface area contributed by atoms with E-state index in [9.17, 15) is 13.5 Å². The first-order valence-electron chi connectivity index (χ1n) is 12.3. The minimum atomic E-state index is -3.87. The predicted octanol–water partition coefficient (Wildman–Crippen LogP) is 3.96. The van der Waals surface area contributed by atoms with Gasteiger partial charge in [-0.05, 0) is 61.9 Å². The number of fused-ring (bicyclic) bond motifs is 1. The molecule has 3 atom stereocenters. The Kier molecular flexibility index (Phi) is 8.10. The van der Waals surface area contributed by atoms with Crippen molar-refractivity contribution in [3.05, 3.63) is 78.1 Å². The third-order valence-electron chi connectivity index (χ3n) is 6.75. The van der Waals surface area contributed by atoms with E-state index in [1.165, 1.54) is 4.31 Å². The van der Waals surface area contributed by atoms with Crippen LogP contribution in [-0.2, 0) is 16.6 Å². The predicted molar refractivity (Wildman–Crippen MR) is 141 cm³/mol. The second-order valence-corrected chi connectivity index (χ2v) is 11.7. The van der Waals surface area contributed by atoms with E-state index in [0.717, 1.165) is 28.8 Å². The lowest BCUT2D eigenvalue weighted by atomic mass is 10.0. The van der Waals surface area contributed by atoms with Crippen molar-refractivity contribution in [2.45, 2.75) is 44.4 Å². The largest absolute Gasteiger partial charge is 0.487 e. The van der Waals surface area contributed by atoms with E-state index in [1.807, 2.05) is 69.4 Å². The summed E-state index contributed by atoms with van der Waals surface area (Å²) in [5.41, 5.74) is 4.18. The summed E-state index contributed by atoms with van der Waals surface area (Å²) in [5, 5.41) is 9.86. The number of hydrogen-bond acceptors (Lipinski definition) is 6. The van der Waals surface area contributed by atoms with Gasteiger partial charge in [-0.15, -0.1) is 0 Å². The van der Waals surface area contributed by atoms with E-state index < -0.39 is 16.1 Å². The Morgan fingerprint density at radius 1 is 1.11 bits per heavy atom. The fraction of sp³-hybridized carbons (Fsp3) is 0.393. The standard InChI is InChI=1S/C28H35N3O4S/c1-20-5-7-24(8-6-20)25-9-10-28-26(15-25)35-27(18-30(4)17-23-11-13-29-14-12-23)21(2)16-31(22(3)19-32)36(28,33)34/h5-15,21-22,27,32H,16-19H2,1-4H3/t21-,22+,27-/m1/s1. The molecule has 0 saturated carbocycles. The first-order chi connectivity index (χ1) is 17.2. The summed E-state index contributed by atoms with van der Waals surface area (Å²) in [6.07, 6.45) is 3.30. The Bertz CT molecular complexity index is 1270. The summed E-state index contributed by atoms with van der Waals surface area (Å²) in [4.78, 5) is 6.39. The van der Waals surface area contributed by atoms with Gasteiger partial charge in [-0.1, -0.05) is 42.8 Å². The van der Waals surface area contributed by atoms with Gasteiger partial charge in [-0.25, -0.2) is 8.42 Å². The summed E-state index contributed by atoms with van der Waals surface area (Å²) in [7, 11) is -1.83. The summed E-state index contributed by atoms with van der Waals surface area (Å²) in [5.74, 6) is 0.238. The number of aryl methyl sites for hydroxylation is 1. The second kappa shape index (κ2) is 11.1. The fourth-order valence-electron chi connectivity index (χ4n) is 4.54. The highest BCUT2D eigenvalue weighted by molar-refractivity contribution is 7.89. The molecule has 8 heteroatoms. The van der Waals surface area contributed by atoms with Gasteiger partial charge in [-0.2, -0.15) is 4.31 Å². The third-order valence-corrected chi connectivity index (χ3v) is 8.77. The Morgan fingerprint density at radius 2 is 1.78 bits per heavy atom. The van der Waals surface area contributed by atoms with Crippen LogP contribution in [-0.4, -0.2) is 66.6 Å². The van der Waals surface area contributed by atoms with E-state index in [1.54, 1.807) is 25.4 Å². The smallest absolute Gasteiger partial charge is 0.247 e. The number of likely N-dealkylation sites (N-methyl/N-ethyl adjacent to an activating group) is 1. The SMILES string of the molecule is Cc1ccc(-c2ccc3c(c2)O[C@H](CN(C)Cc2ccncc2)[C@H](C)CN([C@@H](C)CO)S3(=O)=O)cc1. The van der Waals surface area contributed by atoms with E-state index in [-0.39, 0.29) is 30.1 Å². The maximum absolute atomic E-state index is 13.7. The van der Waals surface area contributed by atoms with Crippen LogP contribution in [0.5, 0.6) is 5.75 Å². The highest BCUT2D eigenvalue weighted by Crippen LogP contribution is 2.36. The van der Waals surface area contributed by atoms with Crippen LogP contribution in [0.1, 0.15) is 25.0 Å². The number of aliphatic hydroxyl groups is 1. The van der Waals surface area contributed by atoms with Crippen LogP contribution >= 0.6 is 0 Å². The molecule has 1 aromatic heterocycles. The van der Waals surface area contributed by atoms with Crippen molar-refractivity contribution in [1.82, 2.24) is 14.2 Å². The summed E-state index contributed by atoms with van der Waals surface area (Å²) < 4.78 is 35.3. The van der Waals surface area contributed by atoms with Gasteiger partial charge in [-0.3, -0.25) is 9.88 Å². The zero-order valence-electron chi connectivity index (χ0n) is 21.3. The Balaban J connectivity index is 1.72. The number of rotatable bonds is 7. The molecule has 1 N–H and O–H groups in total. The molecule has 0 bridgehead atoms. The molecule has 2 heterocycles. The van der Waals surface area contributed by atoms with Gasteiger partial charge in [0.25, 0.3) is 0 Å². The molecule has 0 fully saturated rings. The van der Waals surface area contributed by atoms with E-state index in [0.29, 0.717) is 12.3 Å². The molecule has 36 heavy (non-hydrogen) atoms. The van der Waals surface area contributed by atoms with E-state index >= 15 is 0 Å². The van der Waals surface area contributed by atoms with Gasteiger partial charge in [0.2, 0.25) is 10.0 Å². The second-order valence-electron chi connectivity index (χ2n) is 9.82. The van der Waals surface area contributed by atoms with Crippen LogP contribution in [0.15, 0.2) is 71.9 Å². The highest BCUT2D eigenvalue weighted by Gasteiger charge is 2.38. The van der Waals surface area contributed by atoms with Crippen molar-refractivity contribution in [2.75, 3.05) is 26.7 Å². The maximum Gasteiger partial charge on any atom is 0.247 e. The van der Waals surface area contributed by atoms with Crippen molar-refractivity contribution in [2.24, 2.45) is 5.92 Å². The van der Waals surface area contributed by atoms with Crippen LogP contribution in [0.25, 0.3) is 11.1 Å². The molecular weight excluding hydrogens is 474 g/mol. The monoisotopic (exact) mass is 509 g/mol. The molecule has 192 valence electrons. The molecule has 7 nitrogen and oxygen atoms in total. The number of pyridine rings is 1. The van der Waals surface area contributed by atoms with Crippen LogP contribution < -0.4 is 4.74 Å². The summed E-state index contributed by atoms with van der Waals surface area (Å²) in [6, 6.07) is 16.8. The van der Waals surface area contributed by atoms with Gasteiger partial charge in [0, 0.05) is 44.0 Å². The van der Waals surface area contributed by atoms with Gasteiger partial charge >= 0.3 is 0 Å². The lowest BCUT2D eigenvalue weighted by molar-refractivity contribution is 0.0734. The molecule has 0 radical (unpaired) electrons. The zero-order chi connectivity index (χ0) is 25.9. The molecule has 2 aromatic carbocycles. The molecule has 0 saturated heterocycles. The highest BCUT2D eigenvalue weighted by atomic mass is 32.2. The number of sulfonamides is 1. The molecule has 1 aliphatic rings. The molecule has 0 spiro atoms. The zero-order valence-corrected chi connectivity index (χ0v) is 22.1. The maximum atomic E-state index is 13.7. The number of aliphatic hydroxyl groups excluding tert-OH is 1. The third kappa shape index (κ3) is 5.78. The van der Waals surface area contributed by atoms with Crippen LogP contribution in [0.3, 0.4) is 0 Å². The van der Waals surface area contributed by atoms with Gasteiger partial charge in [0.15, 0.2) is 0 Å². The lowest BCUT2D eigenvalue weighted by Crippen LogP contribution is -2.49. The summed E-state index contributed by atoms with van der Waals surface area (Å²) in [6.45, 7) is 7.11. The molecule has 0 unspecified atom stereocenters. The van der Waals surface area contributed by atoms with Gasteiger partial charge in [0.1, 0.15) is 16.7 Å². The lowest BCUT2D eigenvalue weighted by Gasteiger charge is -2.37. The molecule has 0 amide bonds. The molecule has 3 aromatic rings. The number of aromatic nitrogens is 1. The number of benzene rings is 2. The van der Waals surface area contributed by atoms with Gasteiger partial charge in [0.05, 0.1) is 6.61 Å². The number of hydrogen-bond donors (Lipinski definition) is 1.